The van der Waals surface area contributed by atoms with Gasteiger partial charge in [-0.05, 0) is 56.5 Å². The number of benzene rings is 1. The van der Waals surface area contributed by atoms with Crippen LogP contribution >= 0.6 is 0 Å². The van der Waals surface area contributed by atoms with Crippen molar-refractivity contribution in [3.05, 3.63) is 29.8 Å². The van der Waals surface area contributed by atoms with Crippen molar-refractivity contribution in [3.63, 3.8) is 0 Å². The lowest BCUT2D eigenvalue weighted by Gasteiger charge is -2.36. The number of carbonyl (C=O) groups excluding carboxylic acids is 1. The Bertz CT molecular complexity index is 422. The van der Waals surface area contributed by atoms with Crippen molar-refractivity contribution >= 4 is 11.6 Å². The molecule has 0 aromatic heterocycles. The maximum atomic E-state index is 10.9. The Morgan fingerprint density at radius 3 is 2.42 bits per heavy atom. The summed E-state index contributed by atoms with van der Waals surface area (Å²) in [4.78, 5) is 13.4. The van der Waals surface area contributed by atoms with Crippen LogP contribution < -0.4 is 11.5 Å². The minimum Gasteiger partial charge on any atom is -0.399 e. The van der Waals surface area contributed by atoms with Crippen LogP contribution in [0.4, 0.5) is 5.69 Å². The van der Waals surface area contributed by atoms with Crippen molar-refractivity contribution in [2.75, 3.05) is 18.8 Å². The summed E-state index contributed by atoms with van der Waals surface area (Å²) in [5.41, 5.74) is 13.1. The number of hydrogen-bond acceptors (Lipinski definition) is 3. The largest absolute Gasteiger partial charge is 0.399 e. The first-order chi connectivity index (χ1) is 9.06. The van der Waals surface area contributed by atoms with Crippen LogP contribution in [0.3, 0.4) is 0 Å². The summed E-state index contributed by atoms with van der Waals surface area (Å²) in [5.74, 6) is 0.289. The van der Waals surface area contributed by atoms with Crippen molar-refractivity contribution in [2.45, 2.75) is 32.2 Å². The average molecular weight is 261 g/mol. The normalized spacial score (nSPS) is 19.2. The van der Waals surface area contributed by atoms with E-state index in [0.29, 0.717) is 18.4 Å². The molecule has 1 aliphatic heterocycles. The quantitative estimate of drug-likeness (QED) is 0.813. The van der Waals surface area contributed by atoms with Crippen molar-refractivity contribution in [3.8, 4) is 0 Å². The number of anilines is 1. The minimum absolute atomic E-state index is 0.176. The predicted octanol–water partition coefficient (Wildman–Crippen LogP) is 1.92. The number of hydrogen-bond donors (Lipinski definition) is 2. The van der Waals surface area contributed by atoms with Gasteiger partial charge in [-0.3, -0.25) is 9.69 Å². The number of rotatable bonds is 4. The van der Waals surface area contributed by atoms with E-state index in [4.69, 9.17) is 11.5 Å². The van der Waals surface area contributed by atoms with E-state index in [0.717, 1.165) is 31.6 Å². The van der Waals surface area contributed by atoms with Gasteiger partial charge in [-0.1, -0.05) is 12.1 Å². The van der Waals surface area contributed by atoms with Gasteiger partial charge >= 0.3 is 0 Å². The molecule has 4 heteroatoms. The maximum absolute atomic E-state index is 10.9. The smallest absolute Gasteiger partial charge is 0.217 e. The molecular weight excluding hydrogens is 238 g/mol. The second-order valence-electron chi connectivity index (χ2n) is 5.49. The van der Waals surface area contributed by atoms with E-state index in [1.807, 2.05) is 12.1 Å². The Hall–Kier alpha value is -1.55. The lowest BCUT2D eigenvalue weighted by atomic mass is 9.92. The third-order valence-corrected chi connectivity index (χ3v) is 4.11. The third-order valence-electron chi connectivity index (χ3n) is 4.11. The molecule has 1 atom stereocenters. The summed E-state index contributed by atoms with van der Waals surface area (Å²) < 4.78 is 0. The van der Waals surface area contributed by atoms with Gasteiger partial charge in [0.05, 0.1) is 0 Å². The van der Waals surface area contributed by atoms with E-state index in [1.165, 1.54) is 5.56 Å². The van der Waals surface area contributed by atoms with Crippen LogP contribution in [-0.4, -0.2) is 23.9 Å². The minimum atomic E-state index is -0.176. The molecule has 1 fully saturated rings. The van der Waals surface area contributed by atoms with E-state index in [1.54, 1.807) is 0 Å². The Labute approximate surface area is 114 Å². The Morgan fingerprint density at radius 2 is 1.89 bits per heavy atom. The van der Waals surface area contributed by atoms with Crippen LogP contribution in [0.2, 0.25) is 0 Å². The zero-order valence-corrected chi connectivity index (χ0v) is 11.5. The zero-order valence-electron chi connectivity index (χ0n) is 11.5. The van der Waals surface area contributed by atoms with Crippen molar-refractivity contribution < 1.29 is 4.79 Å². The molecular formula is C15H23N3O. The zero-order chi connectivity index (χ0) is 13.8. The predicted molar refractivity (Wildman–Crippen MR) is 77.4 cm³/mol. The Morgan fingerprint density at radius 1 is 1.32 bits per heavy atom. The molecule has 4 nitrogen and oxygen atoms in total. The molecule has 1 aromatic rings. The van der Waals surface area contributed by atoms with Crippen LogP contribution in [0.1, 0.15) is 37.8 Å². The molecule has 0 aliphatic carbocycles. The van der Waals surface area contributed by atoms with Gasteiger partial charge in [0.15, 0.2) is 0 Å². The van der Waals surface area contributed by atoms with E-state index in [9.17, 15) is 4.79 Å². The highest BCUT2D eigenvalue weighted by Gasteiger charge is 2.24. The van der Waals surface area contributed by atoms with Gasteiger partial charge in [-0.25, -0.2) is 0 Å². The van der Waals surface area contributed by atoms with E-state index in [2.05, 4.69) is 24.0 Å². The molecule has 2 rings (SSSR count). The highest BCUT2D eigenvalue weighted by atomic mass is 16.1. The van der Waals surface area contributed by atoms with Gasteiger partial charge in [0.25, 0.3) is 0 Å². The molecule has 19 heavy (non-hydrogen) atoms. The highest BCUT2D eigenvalue weighted by Crippen LogP contribution is 2.28. The van der Waals surface area contributed by atoms with Gasteiger partial charge < -0.3 is 11.5 Å². The monoisotopic (exact) mass is 261 g/mol. The summed E-state index contributed by atoms with van der Waals surface area (Å²) in [6, 6.07) is 8.48. The first-order valence-electron chi connectivity index (χ1n) is 6.94. The summed E-state index contributed by atoms with van der Waals surface area (Å²) in [7, 11) is 0. The number of amides is 1. The number of likely N-dealkylation sites (tertiary alicyclic amines) is 1. The van der Waals surface area contributed by atoms with Crippen molar-refractivity contribution in [2.24, 2.45) is 11.7 Å². The molecule has 0 saturated carbocycles. The number of piperidine rings is 1. The SMILES string of the molecule is CC(c1ccc(N)cc1)N1CCC(CC(N)=O)CC1. The topological polar surface area (TPSA) is 72.3 Å². The molecule has 1 amide bonds. The van der Waals surface area contributed by atoms with Gasteiger partial charge in [0.2, 0.25) is 5.91 Å². The lowest BCUT2D eigenvalue weighted by Crippen LogP contribution is -2.36. The summed E-state index contributed by atoms with van der Waals surface area (Å²) in [6.45, 7) is 4.28. The second-order valence-corrected chi connectivity index (χ2v) is 5.49. The number of carbonyl (C=O) groups is 1. The Balaban J connectivity index is 1.90. The fraction of sp³-hybridized carbons (Fsp3) is 0.533. The molecule has 0 bridgehead atoms. The number of nitrogens with two attached hydrogens (primary N) is 2. The van der Waals surface area contributed by atoms with Crippen LogP contribution in [0, 0.1) is 5.92 Å². The van der Waals surface area contributed by atoms with Gasteiger partial charge in [-0.2, -0.15) is 0 Å². The maximum Gasteiger partial charge on any atom is 0.217 e. The van der Waals surface area contributed by atoms with Gasteiger partial charge in [0.1, 0.15) is 0 Å². The molecule has 1 aromatic carbocycles. The first-order valence-corrected chi connectivity index (χ1v) is 6.94. The lowest BCUT2D eigenvalue weighted by molar-refractivity contribution is -0.119. The summed E-state index contributed by atoms with van der Waals surface area (Å²) in [6.07, 6.45) is 2.65. The molecule has 1 heterocycles. The number of primary amides is 1. The van der Waals surface area contributed by atoms with E-state index >= 15 is 0 Å². The van der Waals surface area contributed by atoms with E-state index in [-0.39, 0.29) is 5.91 Å². The molecule has 4 N–H and O–H groups in total. The summed E-state index contributed by atoms with van der Waals surface area (Å²) in [5, 5.41) is 0. The standard InChI is InChI=1S/C15H23N3O/c1-11(13-2-4-14(16)5-3-13)18-8-6-12(7-9-18)10-15(17)19/h2-5,11-12H,6-10,16H2,1H3,(H2,17,19). The van der Waals surface area contributed by atoms with Crippen molar-refractivity contribution in [1.29, 1.82) is 0 Å². The molecule has 1 aliphatic rings. The number of nitrogens with zero attached hydrogens (tertiary/aromatic N) is 1. The van der Waals surface area contributed by atoms with Crippen LogP contribution in [-0.2, 0) is 4.79 Å². The average Bonchev–Trinajstić information content (AvgIpc) is 2.39. The number of nitrogen functional groups attached to an aromatic ring is 1. The molecule has 1 unspecified atom stereocenters. The molecule has 0 radical (unpaired) electrons. The van der Waals surface area contributed by atoms with Gasteiger partial charge in [-0.15, -0.1) is 0 Å². The van der Waals surface area contributed by atoms with E-state index < -0.39 is 0 Å². The van der Waals surface area contributed by atoms with Crippen molar-refractivity contribution in [1.82, 2.24) is 4.90 Å². The molecule has 1 saturated heterocycles. The summed E-state index contributed by atoms with van der Waals surface area (Å²) >= 11 is 0. The first kappa shape index (κ1) is 13.9. The van der Waals surface area contributed by atoms with Crippen LogP contribution in [0.15, 0.2) is 24.3 Å². The Kier molecular flexibility index (Phi) is 4.43. The second kappa shape index (κ2) is 6.06. The fourth-order valence-corrected chi connectivity index (χ4v) is 2.81. The van der Waals surface area contributed by atoms with Crippen LogP contribution in [0.25, 0.3) is 0 Å². The highest BCUT2D eigenvalue weighted by molar-refractivity contribution is 5.73. The van der Waals surface area contributed by atoms with Gasteiger partial charge in [0, 0.05) is 18.2 Å². The molecule has 104 valence electrons. The fourth-order valence-electron chi connectivity index (χ4n) is 2.81. The molecule has 0 spiro atoms. The van der Waals surface area contributed by atoms with Crippen LogP contribution in [0.5, 0.6) is 0 Å². The third kappa shape index (κ3) is 3.70.